The van der Waals surface area contributed by atoms with Crippen molar-refractivity contribution in [2.75, 3.05) is 5.32 Å². The van der Waals surface area contributed by atoms with E-state index in [4.69, 9.17) is 5.73 Å². The van der Waals surface area contributed by atoms with Crippen molar-refractivity contribution in [3.8, 4) is 0 Å². The Kier molecular flexibility index (Phi) is 6.81. The summed E-state index contributed by atoms with van der Waals surface area (Å²) in [5.41, 5.74) is 8.05. The maximum atomic E-state index is 12.2. The Morgan fingerprint density at radius 2 is 1.77 bits per heavy atom. The van der Waals surface area contributed by atoms with Crippen molar-refractivity contribution in [1.29, 1.82) is 0 Å². The molecule has 0 aliphatic heterocycles. The van der Waals surface area contributed by atoms with E-state index < -0.39 is 0 Å². The molecule has 1 aromatic carbocycles. The molecule has 0 bridgehead atoms. The maximum Gasteiger partial charge on any atom is 0.224 e. The van der Waals surface area contributed by atoms with Gasteiger partial charge in [0.1, 0.15) is 0 Å². The van der Waals surface area contributed by atoms with Gasteiger partial charge in [-0.25, -0.2) is 0 Å². The first kappa shape index (κ1) is 20.4. The lowest BCUT2D eigenvalue weighted by atomic mass is 9.89. The van der Waals surface area contributed by atoms with Crippen LogP contribution in [-0.4, -0.2) is 28.8 Å². The average molecular weight is 360 g/mol. The molecule has 0 heterocycles. The van der Waals surface area contributed by atoms with E-state index >= 15 is 0 Å². The van der Waals surface area contributed by atoms with Gasteiger partial charge in [0, 0.05) is 37.7 Å². The van der Waals surface area contributed by atoms with Gasteiger partial charge in [-0.3, -0.25) is 9.59 Å². The molecule has 1 aromatic rings. The Labute approximate surface area is 157 Å². The SMILES string of the molecule is CC(=O)N(Cc1ccc(NC(=O)CC(C)(C)C)cc1)C1CCCCC1N. The monoisotopic (exact) mass is 359 g/mol. The summed E-state index contributed by atoms with van der Waals surface area (Å²) in [4.78, 5) is 26.1. The third-order valence-corrected chi connectivity index (χ3v) is 4.87. The molecule has 5 nitrogen and oxygen atoms in total. The normalized spacial score (nSPS) is 20.5. The molecule has 2 amide bonds. The van der Waals surface area contributed by atoms with Gasteiger partial charge in [-0.2, -0.15) is 0 Å². The van der Waals surface area contributed by atoms with E-state index in [1.807, 2.05) is 49.9 Å². The standard InChI is InChI=1S/C21H33N3O2/c1-15(25)24(19-8-6-5-7-18(19)22)14-16-9-11-17(12-10-16)23-20(26)13-21(2,3)4/h9-12,18-19H,5-8,13-14,22H2,1-4H3,(H,23,26). The average Bonchev–Trinajstić information content (AvgIpc) is 2.53. The number of benzene rings is 1. The summed E-state index contributed by atoms with van der Waals surface area (Å²) in [6, 6.07) is 7.91. The smallest absolute Gasteiger partial charge is 0.224 e. The second-order valence-corrected chi connectivity index (χ2v) is 8.65. The second kappa shape index (κ2) is 8.67. The molecule has 2 atom stereocenters. The van der Waals surface area contributed by atoms with Crippen LogP contribution in [0.15, 0.2) is 24.3 Å². The molecule has 2 rings (SSSR count). The van der Waals surface area contributed by atoms with Gasteiger partial charge in [0.05, 0.1) is 0 Å². The predicted molar refractivity (Wildman–Crippen MR) is 106 cm³/mol. The number of carbonyl (C=O) groups excluding carboxylic acids is 2. The van der Waals surface area contributed by atoms with Crippen LogP contribution in [0.25, 0.3) is 0 Å². The van der Waals surface area contributed by atoms with E-state index in [9.17, 15) is 9.59 Å². The van der Waals surface area contributed by atoms with E-state index in [0.29, 0.717) is 13.0 Å². The maximum absolute atomic E-state index is 12.2. The van der Waals surface area contributed by atoms with Crippen LogP contribution < -0.4 is 11.1 Å². The summed E-state index contributed by atoms with van der Waals surface area (Å²) in [6.45, 7) is 8.30. The number of hydrogen-bond donors (Lipinski definition) is 2. The Balaban J connectivity index is 2.00. The fourth-order valence-corrected chi connectivity index (χ4v) is 3.57. The number of nitrogens with zero attached hydrogens (tertiary/aromatic N) is 1. The van der Waals surface area contributed by atoms with Gasteiger partial charge in [0.2, 0.25) is 11.8 Å². The highest BCUT2D eigenvalue weighted by atomic mass is 16.2. The molecule has 0 saturated heterocycles. The minimum absolute atomic E-state index is 0.0174. The van der Waals surface area contributed by atoms with Crippen LogP contribution >= 0.6 is 0 Å². The molecule has 0 spiro atoms. The van der Waals surface area contributed by atoms with Gasteiger partial charge < -0.3 is 16.0 Å². The summed E-state index contributed by atoms with van der Waals surface area (Å²) < 4.78 is 0. The van der Waals surface area contributed by atoms with E-state index in [2.05, 4.69) is 5.32 Å². The number of nitrogens with two attached hydrogens (primary N) is 1. The highest BCUT2D eigenvalue weighted by Gasteiger charge is 2.29. The zero-order valence-corrected chi connectivity index (χ0v) is 16.5. The molecular weight excluding hydrogens is 326 g/mol. The third-order valence-electron chi connectivity index (χ3n) is 4.87. The van der Waals surface area contributed by atoms with Crippen LogP contribution in [0, 0.1) is 5.41 Å². The van der Waals surface area contributed by atoms with Crippen LogP contribution in [0.3, 0.4) is 0 Å². The van der Waals surface area contributed by atoms with Crippen LogP contribution in [-0.2, 0) is 16.1 Å². The molecule has 1 saturated carbocycles. The fraction of sp³-hybridized carbons (Fsp3) is 0.619. The highest BCUT2D eigenvalue weighted by molar-refractivity contribution is 5.91. The molecule has 144 valence electrons. The number of rotatable bonds is 5. The molecule has 1 aliphatic carbocycles. The van der Waals surface area contributed by atoms with E-state index in [0.717, 1.165) is 36.9 Å². The van der Waals surface area contributed by atoms with Gasteiger partial charge >= 0.3 is 0 Å². The van der Waals surface area contributed by atoms with Crippen molar-refractivity contribution >= 4 is 17.5 Å². The number of amides is 2. The van der Waals surface area contributed by atoms with E-state index in [1.165, 1.54) is 0 Å². The molecule has 5 heteroatoms. The Hall–Kier alpha value is -1.88. The first-order valence-corrected chi connectivity index (χ1v) is 9.57. The minimum Gasteiger partial charge on any atom is -0.334 e. The second-order valence-electron chi connectivity index (χ2n) is 8.65. The topological polar surface area (TPSA) is 75.4 Å². The Bertz CT molecular complexity index is 619. The van der Waals surface area contributed by atoms with Gasteiger partial charge in [-0.15, -0.1) is 0 Å². The first-order chi connectivity index (χ1) is 12.2. The minimum atomic E-state index is -0.0369. The molecule has 0 radical (unpaired) electrons. The highest BCUT2D eigenvalue weighted by Crippen LogP contribution is 2.24. The molecule has 26 heavy (non-hydrogen) atoms. The Morgan fingerprint density at radius 3 is 2.31 bits per heavy atom. The molecule has 0 aromatic heterocycles. The van der Waals surface area contributed by atoms with Crippen LogP contribution in [0.2, 0.25) is 0 Å². The lowest BCUT2D eigenvalue weighted by Crippen LogP contribution is -2.50. The summed E-state index contributed by atoms with van der Waals surface area (Å²) in [5.74, 6) is 0.0821. The van der Waals surface area contributed by atoms with Crippen molar-refractivity contribution in [1.82, 2.24) is 4.90 Å². The summed E-state index contributed by atoms with van der Waals surface area (Å²) in [7, 11) is 0. The lowest BCUT2D eigenvalue weighted by Gasteiger charge is -2.38. The van der Waals surface area contributed by atoms with Crippen LogP contribution in [0.4, 0.5) is 5.69 Å². The van der Waals surface area contributed by atoms with Gasteiger partial charge in [0.25, 0.3) is 0 Å². The van der Waals surface area contributed by atoms with Crippen molar-refractivity contribution in [2.45, 2.75) is 78.4 Å². The van der Waals surface area contributed by atoms with Crippen LogP contribution in [0.5, 0.6) is 0 Å². The number of carbonyl (C=O) groups is 2. The first-order valence-electron chi connectivity index (χ1n) is 9.57. The number of hydrogen-bond acceptors (Lipinski definition) is 3. The van der Waals surface area contributed by atoms with Crippen molar-refractivity contribution < 1.29 is 9.59 Å². The quantitative estimate of drug-likeness (QED) is 0.842. The molecule has 2 unspecified atom stereocenters. The van der Waals surface area contributed by atoms with Gasteiger partial charge in [-0.1, -0.05) is 45.7 Å². The lowest BCUT2D eigenvalue weighted by molar-refractivity contribution is -0.133. The van der Waals surface area contributed by atoms with Crippen molar-refractivity contribution in [2.24, 2.45) is 11.1 Å². The van der Waals surface area contributed by atoms with Gasteiger partial charge in [-0.05, 0) is 36.0 Å². The zero-order valence-electron chi connectivity index (χ0n) is 16.5. The van der Waals surface area contributed by atoms with Crippen LogP contribution in [0.1, 0.15) is 65.4 Å². The number of anilines is 1. The number of nitrogens with one attached hydrogen (secondary N) is 1. The molecule has 1 aliphatic rings. The fourth-order valence-electron chi connectivity index (χ4n) is 3.57. The summed E-state index contributed by atoms with van der Waals surface area (Å²) in [5, 5.41) is 2.93. The zero-order chi connectivity index (χ0) is 19.3. The summed E-state index contributed by atoms with van der Waals surface area (Å²) >= 11 is 0. The molecular formula is C21H33N3O2. The molecule has 3 N–H and O–H groups in total. The van der Waals surface area contributed by atoms with Gasteiger partial charge in [0.15, 0.2) is 0 Å². The van der Waals surface area contributed by atoms with E-state index in [1.54, 1.807) is 6.92 Å². The predicted octanol–water partition coefficient (Wildman–Crippen LogP) is 3.68. The summed E-state index contributed by atoms with van der Waals surface area (Å²) in [6.07, 6.45) is 4.70. The van der Waals surface area contributed by atoms with E-state index in [-0.39, 0.29) is 29.3 Å². The third kappa shape index (κ3) is 6.13. The van der Waals surface area contributed by atoms with Crippen molar-refractivity contribution in [3.63, 3.8) is 0 Å². The molecule has 1 fully saturated rings. The Morgan fingerprint density at radius 1 is 1.15 bits per heavy atom. The van der Waals surface area contributed by atoms with Crippen molar-refractivity contribution in [3.05, 3.63) is 29.8 Å². The largest absolute Gasteiger partial charge is 0.334 e.